The second-order valence-corrected chi connectivity index (χ2v) is 4.38. The van der Waals surface area contributed by atoms with Gasteiger partial charge in [-0.3, -0.25) is 0 Å². The molecule has 0 aliphatic heterocycles. The Balaban J connectivity index is 3.09. The molecule has 0 unspecified atom stereocenters. The standard InChI is InChI=1S/C15H15F3N2O5/c1-3-24-13(22)9-5-7-10(8-6-9)19-20-11(14(23)25-4-2)12(21)15(16,17)18/h5-8,21H,3-4H2,1-2H3/b12-11-,20-19?. The maximum atomic E-state index is 12.6. The number of azo groups is 1. The second-order valence-electron chi connectivity index (χ2n) is 4.38. The van der Waals surface area contributed by atoms with Crippen LogP contribution >= 0.6 is 0 Å². The van der Waals surface area contributed by atoms with Crippen LogP contribution in [-0.2, 0) is 14.3 Å². The highest BCUT2D eigenvalue weighted by molar-refractivity contribution is 5.90. The zero-order chi connectivity index (χ0) is 19.0. The van der Waals surface area contributed by atoms with E-state index in [2.05, 4.69) is 15.0 Å². The Morgan fingerprint density at radius 2 is 1.64 bits per heavy atom. The molecule has 1 aromatic carbocycles. The number of carbonyl (C=O) groups excluding carboxylic acids is 2. The number of aliphatic hydroxyl groups is 1. The van der Waals surface area contributed by atoms with Crippen molar-refractivity contribution in [2.75, 3.05) is 13.2 Å². The summed E-state index contributed by atoms with van der Waals surface area (Å²) >= 11 is 0. The van der Waals surface area contributed by atoms with Crippen molar-refractivity contribution in [3.63, 3.8) is 0 Å². The molecule has 1 N–H and O–H groups in total. The fourth-order valence-electron chi connectivity index (χ4n) is 1.50. The number of aliphatic hydroxyl groups excluding tert-OH is 1. The molecular weight excluding hydrogens is 345 g/mol. The molecule has 1 rings (SSSR count). The van der Waals surface area contributed by atoms with Gasteiger partial charge in [0.1, 0.15) is 0 Å². The van der Waals surface area contributed by atoms with Gasteiger partial charge in [0.25, 0.3) is 0 Å². The fraction of sp³-hybridized carbons (Fsp3) is 0.333. The summed E-state index contributed by atoms with van der Waals surface area (Å²) in [5, 5.41) is 15.7. The number of ether oxygens (including phenoxy) is 2. The van der Waals surface area contributed by atoms with Gasteiger partial charge in [-0.2, -0.15) is 18.3 Å². The Labute approximate surface area is 140 Å². The third kappa shape index (κ3) is 5.90. The van der Waals surface area contributed by atoms with E-state index in [1.165, 1.54) is 31.2 Å². The number of rotatable bonds is 6. The summed E-state index contributed by atoms with van der Waals surface area (Å²) in [5.74, 6) is -4.25. The van der Waals surface area contributed by atoms with Crippen molar-refractivity contribution in [1.29, 1.82) is 0 Å². The summed E-state index contributed by atoms with van der Waals surface area (Å²) in [4.78, 5) is 23.0. The third-order valence-corrected chi connectivity index (χ3v) is 2.61. The van der Waals surface area contributed by atoms with E-state index < -0.39 is 29.6 Å². The molecule has 0 heterocycles. The highest BCUT2D eigenvalue weighted by atomic mass is 19.4. The van der Waals surface area contributed by atoms with E-state index in [9.17, 15) is 22.8 Å². The summed E-state index contributed by atoms with van der Waals surface area (Å²) < 4.78 is 46.9. The molecule has 7 nitrogen and oxygen atoms in total. The van der Waals surface area contributed by atoms with E-state index in [0.717, 1.165) is 0 Å². The molecule has 0 spiro atoms. The topological polar surface area (TPSA) is 97.6 Å². The Hall–Kier alpha value is -2.91. The molecule has 136 valence electrons. The number of carbonyl (C=O) groups is 2. The van der Waals surface area contributed by atoms with Gasteiger partial charge in [0.05, 0.1) is 24.5 Å². The second kappa shape index (κ2) is 8.81. The molecule has 0 saturated heterocycles. The maximum absolute atomic E-state index is 12.6. The van der Waals surface area contributed by atoms with Gasteiger partial charge in [-0.25, -0.2) is 9.59 Å². The van der Waals surface area contributed by atoms with Gasteiger partial charge in [-0.1, -0.05) is 0 Å². The number of nitrogens with zero attached hydrogens (tertiary/aromatic N) is 2. The smallest absolute Gasteiger partial charge is 0.451 e. The largest absolute Gasteiger partial charge is 0.502 e. The van der Waals surface area contributed by atoms with Crippen LogP contribution < -0.4 is 0 Å². The Bertz CT molecular complexity index is 681. The average Bonchev–Trinajstić information content (AvgIpc) is 2.55. The van der Waals surface area contributed by atoms with E-state index in [0.29, 0.717) is 0 Å². The SMILES string of the molecule is CCOC(=O)/C(N=Nc1ccc(C(=O)OCC)cc1)=C(/O)C(F)(F)F. The number of esters is 2. The molecule has 0 aromatic heterocycles. The van der Waals surface area contributed by atoms with Gasteiger partial charge < -0.3 is 14.6 Å². The summed E-state index contributed by atoms with van der Waals surface area (Å²) in [5.41, 5.74) is -1.12. The van der Waals surface area contributed by atoms with Gasteiger partial charge in [0.2, 0.25) is 11.5 Å². The summed E-state index contributed by atoms with van der Waals surface area (Å²) in [6, 6.07) is 5.21. The highest BCUT2D eigenvalue weighted by Crippen LogP contribution is 2.28. The molecule has 0 radical (unpaired) electrons. The highest BCUT2D eigenvalue weighted by Gasteiger charge is 2.39. The number of allylic oxidation sites excluding steroid dienone is 1. The first-order chi connectivity index (χ1) is 11.7. The summed E-state index contributed by atoms with van der Waals surface area (Å²) in [6.07, 6.45) is -5.19. The lowest BCUT2D eigenvalue weighted by atomic mass is 10.2. The third-order valence-electron chi connectivity index (χ3n) is 2.61. The van der Waals surface area contributed by atoms with Crippen molar-refractivity contribution in [3.8, 4) is 0 Å². The average molecular weight is 360 g/mol. The number of halogens is 3. The first kappa shape index (κ1) is 20.1. The van der Waals surface area contributed by atoms with E-state index in [-0.39, 0.29) is 24.5 Å². The molecule has 0 atom stereocenters. The van der Waals surface area contributed by atoms with E-state index in [4.69, 9.17) is 9.84 Å². The van der Waals surface area contributed by atoms with Gasteiger partial charge in [0.15, 0.2) is 0 Å². The number of alkyl halides is 3. The van der Waals surface area contributed by atoms with Crippen molar-refractivity contribution in [3.05, 3.63) is 41.3 Å². The molecule has 25 heavy (non-hydrogen) atoms. The Morgan fingerprint density at radius 1 is 1.08 bits per heavy atom. The number of hydrogen-bond donors (Lipinski definition) is 1. The zero-order valence-corrected chi connectivity index (χ0v) is 13.3. The van der Waals surface area contributed by atoms with E-state index in [1.54, 1.807) is 6.92 Å². The molecular formula is C15H15F3N2O5. The van der Waals surface area contributed by atoms with Crippen LogP contribution in [0.2, 0.25) is 0 Å². The predicted octanol–water partition coefficient (Wildman–Crippen LogP) is 3.84. The molecule has 1 aromatic rings. The lowest BCUT2D eigenvalue weighted by Gasteiger charge is -2.08. The first-order valence-electron chi connectivity index (χ1n) is 7.07. The van der Waals surface area contributed by atoms with Crippen molar-refractivity contribution in [2.45, 2.75) is 20.0 Å². The van der Waals surface area contributed by atoms with Gasteiger partial charge in [-0.15, -0.1) is 5.11 Å². The van der Waals surface area contributed by atoms with E-state index >= 15 is 0 Å². The number of hydrogen-bond acceptors (Lipinski definition) is 7. The quantitative estimate of drug-likeness (QED) is 0.360. The van der Waals surface area contributed by atoms with Crippen molar-refractivity contribution >= 4 is 17.6 Å². The summed E-state index contributed by atoms with van der Waals surface area (Å²) in [7, 11) is 0. The normalized spacial score (nSPS) is 12.7. The van der Waals surface area contributed by atoms with Crippen LogP contribution in [0.1, 0.15) is 24.2 Å². The molecule has 10 heteroatoms. The minimum absolute atomic E-state index is 0.0461. The van der Waals surface area contributed by atoms with Gasteiger partial charge in [-0.05, 0) is 38.1 Å². The van der Waals surface area contributed by atoms with Gasteiger partial charge in [0, 0.05) is 0 Å². The van der Waals surface area contributed by atoms with Crippen molar-refractivity contribution < 1.29 is 37.3 Å². The lowest BCUT2D eigenvalue weighted by Crippen LogP contribution is -2.18. The van der Waals surface area contributed by atoms with Crippen LogP contribution in [0.3, 0.4) is 0 Å². The van der Waals surface area contributed by atoms with Crippen LogP contribution in [0.25, 0.3) is 0 Å². The molecule has 0 saturated carbocycles. The van der Waals surface area contributed by atoms with Crippen LogP contribution in [0.15, 0.2) is 46.0 Å². The lowest BCUT2D eigenvalue weighted by molar-refractivity contribution is -0.143. The predicted molar refractivity (Wildman–Crippen MR) is 79.3 cm³/mol. The molecule has 0 aliphatic rings. The monoisotopic (exact) mass is 360 g/mol. The molecule has 0 amide bonds. The first-order valence-corrected chi connectivity index (χ1v) is 7.07. The van der Waals surface area contributed by atoms with Crippen LogP contribution in [0.4, 0.5) is 18.9 Å². The van der Waals surface area contributed by atoms with Crippen LogP contribution in [0.5, 0.6) is 0 Å². The Morgan fingerprint density at radius 3 is 2.12 bits per heavy atom. The van der Waals surface area contributed by atoms with Crippen LogP contribution in [0, 0.1) is 0 Å². The number of benzene rings is 1. The Kier molecular flexibility index (Phi) is 7.09. The minimum atomic E-state index is -5.19. The fourth-order valence-corrected chi connectivity index (χ4v) is 1.50. The molecule has 0 aliphatic carbocycles. The van der Waals surface area contributed by atoms with E-state index in [1.807, 2.05) is 0 Å². The van der Waals surface area contributed by atoms with Gasteiger partial charge >= 0.3 is 18.1 Å². The van der Waals surface area contributed by atoms with Crippen LogP contribution in [-0.4, -0.2) is 36.4 Å². The minimum Gasteiger partial charge on any atom is -0.502 e. The van der Waals surface area contributed by atoms with Crippen molar-refractivity contribution in [1.82, 2.24) is 0 Å². The zero-order valence-electron chi connectivity index (χ0n) is 13.3. The molecule has 0 bridgehead atoms. The molecule has 0 fully saturated rings. The summed E-state index contributed by atoms with van der Waals surface area (Å²) in [6.45, 7) is 2.99. The maximum Gasteiger partial charge on any atom is 0.451 e. The van der Waals surface area contributed by atoms with Crippen molar-refractivity contribution in [2.24, 2.45) is 10.2 Å².